The molecule has 0 saturated heterocycles. The number of aromatic nitrogens is 3. The van der Waals surface area contributed by atoms with E-state index in [1.54, 1.807) is 6.07 Å². The number of nitrogens with zero attached hydrogens (tertiary/aromatic N) is 3. The standard InChI is InChI=1S/C9H6ClI2N3/c10-7-3-1-2-6(14-7)4-15-5-13-8(11)9(15)12/h1-3,5H,4H2. The molecule has 0 atom stereocenters. The molecule has 2 heterocycles. The van der Waals surface area contributed by atoms with Crippen molar-refractivity contribution in [2.45, 2.75) is 6.54 Å². The third kappa shape index (κ3) is 2.82. The van der Waals surface area contributed by atoms with Crippen LogP contribution in [0, 0.1) is 7.40 Å². The van der Waals surface area contributed by atoms with Gasteiger partial charge in [0.05, 0.1) is 18.6 Å². The molecule has 6 heteroatoms. The van der Waals surface area contributed by atoms with E-state index in [0.29, 0.717) is 11.7 Å². The van der Waals surface area contributed by atoms with Gasteiger partial charge in [-0.2, -0.15) is 0 Å². The largest absolute Gasteiger partial charge is 0.319 e. The fraction of sp³-hybridized carbons (Fsp3) is 0.111. The summed E-state index contributed by atoms with van der Waals surface area (Å²) in [7, 11) is 0. The van der Waals surface area contributed by atoms with Crippen LogP contribution in [0.2, 0.25) is 5.15 Å². The van der Waals surface area contributed by atoms with Crippen molar-refractivity contribution in [2.24, 2.45) is 0 Å². The topological polar surface area (TPSA) is 30.7 Å². The van der Waals surface area contributed by atoms with Gasteiger partial charge in [0, 0.05) is 0 Å². The monoisotopic (exact) mass is 445 g/mol. The van der Waals surface area contributed by atoms with Gasteiger partial charge in [-0.15, -0.1) is 0 Å². The van der Waals surface area contributed by atoms with Crippen molar-refractivity contribution in [2.75, 3.05) is 0 Å². The highest BCUT2D eigenvalue weighted by Gasteiger charge is 2.05. The van der Waals surface area contributed by atoms with Crippen molar-refractivity contribution in [3.05, 3.63) is 42.8 Å². The molecule has 2 aromatic heterocycles. The fourth-order valence-electron chi connectivity index (χ4n) is 1.17. The Morgan fingerprint density at radius 3 is 2.73 bits per heavy atom. The molecule has 2 rings (SSSR count). The molecule has 0 aromatic carbocycles. The van der Waals surface area contributed by atoms with E-state index in [2.05, 4.69) is 55.1 Å². The summed E-state index contributed by atoms with van der Waals surface area (Å²) in [5.41, 5.74) is 0.939. The first-order valence-electron chi connectivity index (χ1n) is 4.14. The minimum atomic E-state index is 0.525. The molecule has 15 heavy (non-hydrogen) atoms. The Morgan fingerprint density at radius 2 is 2.13 bits per heavy atom. The summed E-state index contributed by atoms with van der Waals surface area (Å²) in [5.74, 6) is 0. The minimum Gasteiger partial charge on any atom is -0.319 e. The zero-order chi connectivity index (χ0) is 10.8. The number of imidazole rings is 1. The Kier molecular flexibility index (Phi) is 3.83. The Hall–Kier alpha value is 0.110. The zero-order valence-electron chi connectivity index (χ0n) is 7.49. The van der Waals surface area contributed by atoms with Crippen molar-refractivity contribution < 1.29 is 0 Å². The third-order valence-electron chi connectivity index (χ3n) is 1.84. The first-order valence-corrected chi connectivity index (χ1v) is 6.68. The molecule has 0 amide bonds. The van der Waals surface area contributed by atoms with E-state index in [1.165, 1.54) is 0 Å². The second-order valence-electron chi connectivity index (χ2n) is 2.91. The van der Waals surface area contributed by atoms with Crippen molar-refractivity contribution in [3.63, 3.8) is 0 Å². The molecule has 0 radical (unpaired) electrons. The maximum Gasteiger partial charge on any atom is 0.132 e. The minimum absolute atomic E-state index is 0.525. The zero-order valence-corrected chi connectivity index (χ0v) is 12.6. The lowest BCUT2D eigenvalue weighted by atomic mass is 10.3. The summed E-state index contributed by atoms with van der Waals surface area (Å²) in [6, 6.07) is 5.63. The number of hydrogen-bond acceptors (Lipinski definition) is 2. The lowest BCUT2D eigenvalue weighted by molar-refractivity contribution is 0.755. The maximum absolute atomic E-state index is 5.82. The van der Waals surface area contributed by atoms with Crippen LogP contribution in [0.1, 0.15) is 5.69 Å². The summed E-state index contributed by atoms with van der Waals surface area (Å²) in [5, 5.41) is 0.525. The van der Waals surface area contributed by atoms with E-state index in [0.717, 1.165) is 13.1 Å². The summed E-state index contributed by atoms with van der Waals surface area (Å²) in [6.07, 6.45) is 1.81. The van der Waals surface area contributed by atoms with Crippen LogP contribution in [0.4, 0.5) is 0 Å². The molecule has 0 N–H and O–H groups in total. The summed E-state index contributed by atoms with van der Waals surface area (Å²) < 4.78 is 4.17. The van der Waals surface area contributed by atoms with Crippen molar-refractivity contribution >= 4 is 56.8 Å². The third-order valence-corrected chi connectivity index (χ3v) is 5.00. The van der Waals surface area contributed by atoms with Crippen molar-refractivity contribution in [3.8, 4) is 0 Å². The van der Waals surface area contributed by atoms with Crippen molar-refractivity contribution in [1.82, 2.24) is 14.5 Å². The SMILES string of the molecule is Clc1cccc(Cn2cnc(I)c2I)n1. The predicted octanol–water partition coefficient (Wildman–Crippen LogP) is 3.19. The number of pyridine rings is 1. The molecule has 3 nitrogen and oxygen atoms in total. The summed E-state index contributed by atoms with van der Waals surface area (Å²) in [6.45, 7) is 0.703. The van der Waals surface area contributed by atoms with Gasteiger partial charge in [-0.25, -0.2) is 9.97 Å². The van der Waals surface area contributed by atoms with Gasteiger partial charge in [-0.3, -0.25) is 0 Å². The molecule has 78 valence electrons. The summed E-state index contributed by atoms with van der Waals surface area (Å²) in [4.78, 5) is 8.45. The van der Waals surface area contributed by atoms with Gasteiger partial charge >= 0.3 is 0 Å². The highest BCUT2D eigenvalue weighted by atomic mass is 127. The second-order valence-corrected chi connectivity index (χ2v) is 5.34. The highest BCUT2D eigenvalue weighted by molar-refractivity contribution is 14.1. The van der Waals surface area contributed by atoms with Gasteiger partial charge in [0.15, 0.2) is 0 Å². The smallest absolute Gasteiger partial charge is 0.132 e. The van der Waals surface area contributed by atoms with E-state index < -0.39 is 0 Å². The molecular weight excluding hydrogens is 439 g/mol. The first kappa shape index (κ1) is 11.6. The van der Waals surface area contributed by atoms with E-state index in [9.17, 15) is 0 Å². The Labute approximate surface area is 120 Å². The van der Waals surface area contributed by atoms with Crippen LogP contribution in [0.15, 0.2) is 24.5 Å². The van der Waals surface area contributed by atoms with Gasteiger partial charge in [-0.05, 0) is 57.3 Å². The van der Waals surface area contributed by atoms with Crippen LogP contribution in [0.25, 0.3) is 0 Å². The van der Waals surface area contributed by atoms with Gasteiger partial charge < -0.3 is 4.57 Å². The Morgan fingerprint density at radius 1 is 1.33 bits per heavy atom. The molecule has 2 aromatic rings. The Balaban J connectivity index is 2.26. The van der Waals surface area contributed by atoms with Crippen LogP contribution in [-0.2, 0) is 6.54 Å². The lowest BCUT2D eigenvalue weighted by Crippen LogP contribution is -2.02. The van der Waals surface area contributed by atoms with Crippen LogP contribution in [0.5, 0.6) is 0 Å². The molecule has 0 fully saturated rings. The second kappa shape index (κ2) is 4.96. The molecule has 0 aliphatic carbocycles. The lowest BCUT2D eigenvalue weighted by Gasteiger charge is -2.03. The van der Waals surface area contributed by atoms with Gasteiger partial charge in [0.2, 0.25) is 0 Å². The average Bonchev–Trinajstić information content (AvgIpc) is 2.50. The van der Waals surface area contributed by atoms with Gasteiger partial charge in [0.25, 0.3) is 0 Å². The predicted molar refractivity (Wildman–Crippen MR) is 76.0 cm³/mol. The van der Waals surface area contributed by atoms with E-state index in [1.807, 2.05) is 23.0 Å². The maximum atomic E-state index is 5.82. The number of halogens is 3. The molecule has 0 aliphatic heterocycles. The van der Waals surface area contributed by atoms with E-state index in [4.69, 9.17) is 11.6 Å². The molecule has 0 bridgehead atoms. The van der Waals surface area contributed by atoms with Gasteiger partial charge in [-0.1, -0.05) is 17.7 Å². The number of rotatable bonds is 2. The quantitative estimate of drug-likeness (QED) is 0.525. The summed E-state index contributed by atoms with van der Waals surface area (Å²) >= 11 is 10.3. The van der Waals surface area contributed by atoms with Crippen molar-refractivity contribution in [1.29, 1.82) is 0 Å². The van der Waals surface area contributed by atoms with Crippen LogP contribution < -0.4 is 0 Å². The van der Waals surface area contributed by atoms with E-state index >= 15 is 0 Å². The van der Waals surface area contributed by atoms with Gasteiger partial charge in [0.1, 0.15) is 12.6 Å². The highest BCUT2D eigenvalue weighted by Crippen LogP contribution is 2.15. The molecular formula is C9H6ClI2N3. The normalized spacial score (nSPS) is 10.6. The van der Waals surface area contributed by atoms with Crippen LogP contribution in [-0.4, -0.2) is 14.5 Å². The molecule has 0 spiro atoms. The average molecular weight is 445 g/mol. The van der Waals surface area contributed by atoms with Crippen LogP contribution >= 0.6 is 56.8 Å². The molecule has 0 saturated carbocycles. The van der Waals surface area contributed by atoms with Crippen LogP contribution in [0.3, 0.4) is 0 Å². The first-order chi connectivity index (χ1) is 7.16. The van der Waals surface area contributed by atoms with E-state index in [-0.39, 0.29) is 0 Å². The number of hydrogen-bond donors (Lipinski definition) is 0. The molecule has 0 unspecified atom stereocenters. The fourth-order valence-corrected chi connectivity index (χ4v) is 2.22. The Bertz CT molecular complexity index is 484. The molecule has 0 aliphatic rings.